The van der Waals surface area contributed by atoms with Gasteiger partial charge in [0.2, 0.25) is 0 Å². The van der Waals surface area contributed by atoms with E-state index in [1.807, 2.05) is 24.3 Å². The maximum atomic E-state index is 6.07. The van der Waals surface area contributed by atoms with Crippen molar-refractivity contribution in [3.8, 4) is 5.69 Å². The lowest BCUT2D eigenvalue weighted by atomic mass is 10.1. The van der Waals surface area contributed by atoms with Crippen LogP contribution in [0.25, 0.3) is 5.69 Å². The highest BCUT2D eigenvalue weighted by Crippen LogP contribution is 2.24. The fraction of sp³-hybridized carbons (Fsp3) is 0.286. The lowest BCUT2D eigenvalue weighted by Gasteiger charge is -2.21. The van der Waals surface area contributed by atoms with Crippen LogP contribution in [0.15, 0.2) is 43.2 Å². The fourth-order valence-corrected chi connectivity index (χ4v) is 2.31. The third-order valence-electron chi connectivity index (χ3n) is 3.17. The number of nitrogens with one attached hydrogen (secondary N) is 1. The molecule has 1 atom stereocenters. The van der Waals surface area contributed by atoms with E-state index in [9.17, 15) is 0 Å². The highest BCUT2D eigenvalue weighted by molar-refractivity contribution is 6.31. The molecule has 6 heteroatoms. The van der Waals surface area contributed by atoms with Gasteiger partial charge in [-0.15, -0.1) is 0 Å². The number of nitrogens with zero attached hydrogens (tertiary/aromatic N) is 3. The van der Waals surface area contributed by atoms with E-state index < -0.39 is 0 Å². The molecule has 5 nitrogen and oxygen atoms in total. The van der Waals surface area contributed by atoms with E-state index >= 15 is 0 Å². The van der Waals surface area contributed by atoms with Gasteiger partial charge in [-0.25, -0.2) is 9.67 Å². The van der Waals surface area contributed by atoms with Gasteiger partial charge in [0.1, 0.15) is 18.8 Å². The van der Waals surface area contributed by atoms with Gasteiger partial charge in [-0.05, 0) is 37.1 Å². The topological polar surface area (TPSA) is 52.0 Å². The quantitative estimate of drug-likeness (QED) is 0.940. The van der Waals surface area contributed by atoms with Crippen LogP contribution in [0.1, 0.15) is 12.8 Å². The van der Waals surface area contributed by atoms with Crippen molar-refractivity contribution in [3.63, 3.8) is 0 Å². The summed E-state index contributed by atoms with van der Waals surface area (Å²) < 4.78 is 7.26. The first-order valence-corrected chi connectivity index (χ1v) is 6.89. The van der Waals surface area contributed by atoms with Crippen LogP contribution in [0.3, 0.4) is 0 Å². The summed E-state index contributed by atoms with van der Waals surface area (Å²) in [6.07, 6.45) is 9.23. The second-order valence-electron chi connectivity index (χ2n) is 4.59. The summed E-state index contributed by atoms with van der Waals surface area (Å²) in [6.45, 7) is 0.729. The molecular weight excluding hydrogens is 276 g/mol. The van der Waals surface area contributed by atoms with Crippen LogP contribution in [-0.4, -0.2) is 27.4 Å². The molecule has 0 aliphatic carbocycles. The second kappa shape index (κ2) is 5.96. The predicted octanol–water partition coefficient (Wildman–Crippen LogP) is 3.03. The van der Waals surface area contributed by atoms with E-state index in [1.54, 1.807) is 17.3 Å². The Bertz CT molecular complexity index is 597. The molecule has 0 bridgehead atoms. The Balaban J connectivity index is 1.77. The van der Waals surface area contributed by atoms with Crippen LogP contribution in [0.4, 0.5) is 5.69 Å². The van der Waals surface area contributed by atoms with Crippen LogP contribution >= 0.6 is 11.6 Å². The zero-order valence-corrected chi connectivity index (χ0v) is 11.6. The minimum absolute atomic E-state index is 0.183. The number of ether oxygens (including phenoxy) is 1. The highest BCUT2D eigenvalue weighted by atomic mass is 35.5. The molecule has 1 N–H and O–H groups in total. The van der Waals surface area contributed by atoms with Gasteiger partial charge in [-0.1, -0.05) is 11.6 Å². The minimum Gasteiger partial charge on any atom is -0.497 e. The van der Waals surface area contributed by atoms with Crippen LogP contribution in [0, 0.1) is 0 Å². The molecular formula is C14H15ClN4O. The first kappa shape index (κ1) is 13.0. The number of hydrogen-bond donors (Lipinski definition) is 1. The molecule has 104 valence electrons. The van der Waals surface area contributed by atoms with E-state index in [4.69, 9.17) is 16.3 Å². The van der Waals surface area contributed by atoms with Gasteiger partial charge >= 0.3 is 0 Å². The molecule has 2 aromatic rings. The molecule has 0 amide bonds. The van der Waals surface area contributed by atoms with Crippen molar-refractivity contribution in [1.29, 1.82) is 0 Å². The summed E-state index contributed by atoms with van der Waals surface area (Å²) >= 11 is 6.07. The second-order valence-corrected chi connectivity index (χ2v) is 5.03. The van der Waals surface area contributed by atoms with Crippen LogP contribution < -0.4 is 5.32 Å². The monoisotopic (exact) mass is 290 g/mol. The Morgan fingerprint density at radius 2 is 2.40 bits per heavy atom. The zero-order valence-electron chi connectivity index (χ0n) is 10.9. The number of benzene rings is 1. The molecule has 0 saturated carbocycles. The van der Waals surface area contributed by atoms with Gasteiger partial charge in [-0.3, -0.25) is 0 Å². The number of halogens is 1. The molecule has 1 aliphatic heterocycles. The highest BCUT2D eigenvalue weighted by Gasteiger charge is 2.12. The molecule has 0 saturated heterocycles. The lowest BCUT2D eigenvalue weighted by molar-refractivity contribution is 0.135. The summed E-state index contributed by atoms with van der Waals surface area (Å²) in [7, 11) is 0. The number of hydrogen-bond acceptors (Lipinski definition) is 4. The lowest BCUT2D eigenvalue weighted by Crippen LogP contribution is -2.23. The van der Waals surface area contributed by atoms with E-state index in [0.29, 0.717) is 5.02 Å². The Labute approximate surface area is 122 Å². The summed E-state index contributed by atoms with van der Waals surface area (Å²) in [6, 6.07) is 5.64. The third-order valence-corrected chi connectivity index (χ3v) is 3.40. The average Bonchev–Trinajstić information content (AvgIpc) is 3.00. The standard InChI is InChI=1S/C14H15ClN4O/c15-11-4-5-14(19-10-16-9-18-19)13(7-11)17-8-12-3-1-2-6-20-12/h2,4-7,9-10,12,17H,1,3,8H2. The molecule has 1 aromatic heterocycles. The van der Waals surface area contributed by atoms with Gasteiger partial charge in [0.15, 0.2) is 0 Å². The van der Waals surface area contributed by atoms with E-state index in [1.165, 1.54) is 6.33 Å². The molecule has 1 aliphatic rings. The molecule has 20 heavy (non-hydrogen) atoms. The van der Waals surface area contributed by atoms with Gasteiger partial charge in [0, 0.05) is 5.02 Å². The molecule has 2 heterocycles. The maximum absolute atomic E-state index is 6.07. The van der Waals surface area contributed by atoms with Crippen LogP contribution in [0.2, 0.25) is 5.02 Å². The van der Waals surface area contributed by atoms with E-state index in [-0.39, 0.29) is 6.10 Å². The number of anilines is 1. The van der Waals surface area contributed by atoms with Crippen LogP contribution in [0.5, 0.6) is 0 Å². The predicted molar refractivity (Wildman–Crippen MR) is 78.1 cm³/mol. The molecule has 0 spiro atoms. The maximum Gasteiger partial charge on any atom is 0.138 e. The Morgan fingerprint density at radius 3 is 3.15 bits per heavy atom. The Hall–Kier alpha value is -2.01. The van der Waals surface area contributed by atoms with Gasteiger partial charge < -0.3 is 10.1 Å². The largest absolute Gasteiger partial charge is 0.497 e. The van der Waals surface area contributed by atoms with Crippen LogP contribution in [-0.2, 0) is 4.74 Å². The summed E-state index contributed by atoms with van der Waals surface area (Å²) in [4.78, 5) is 3.97. The average molecular weight is 291 g/mol. The van der Waals surface area contributed by atoms with Gasteiger partial charge in [-0.2, -0.15) is 5.10 Å². The van der Waals surface area contributed by atoms with Crippen molar-refractivity contribution in [2.45, 2.75) is 18.9 Å². The van der Waals surface area contributed by atoms with Crippen molar-refractivity contribution in [2.75, 3.05) is 11.9 Å². The number of allylic oxidation sites excluding steroid dienone is 1. The van der Waals surface area contributed by atoms with Crippen molar-refractivity contribution in [1.82, 2.24) is 14.8 Å². The fourth-order valence-electron chi connectivity index (χ4n) is 2.14. The van der Waals surface area contributed by atoms with Gasteiger partial charge in [0.05, 0.1) is 24.2 Å². The summed E-state index contributed by atoms with van der Waals surface area (Å²) in [5, 5.41) is 8.21. The van der Waals surface area contributed by atoms with E-state index in [0.717, 1.165) is 30.8 Å². The summed E-state index contributed by atoms with van der Waals surface area (Å²) in [5.41, 5.74) is 1.83. The smallest absolute Gasteiger partial charge is 0.138 e. The first-order chi connectivity index (χ1) is 9.83. The number of aromatic nitrogens is 3. The molecule has 1 unspecified atom stereocenters. The molecule has 0 fully saturated rings. The molecule has 3 rings (SSSR count). The molecule has 0 radical (unpaired) electrons. The van der Waals surface area contributed by atoms with Crippen molar-refractivity contribution in [2.24, 2.45) is 0 Å². The third kappa shape index (κ3) is 2.93. The Morgan fingerprint density at radius 1 is 1.45 bits per heavy atom. The minimum atomic E-state index is 0.183. The normalized spacial score (nSPS) is 17.8. The van der Waals surface area contributed by atoms with E-state index in [2.05, 4.69) is 15.4 Å². The first-order valence-electron chi connectivity index (χ1n) is 6.52. The molecule has 1 aromatic carbocycles. The van der Waals surface area contributed by atoms with Crippen molar-refractivity contribution in [3.05, 3.63) is 48.2 Å². The Kier molecular flexibility index (Phi) is 3.87. The summed E-state index contributed by atoms with van der Waals surface area (Å²) in [5.74, 6) is 0. The zero-order chi connectivity index (χ0) is 13.8. The van der Waals surface area contributed by atoms with Gasteiger partial charge in [0.25, 0.3) is 0 Å². The SMILES string of the molecule is Clc1ccc(-n2cncn2)c(NCC2CCC=CO2)c1. The van der Waals surface area contributed by atoms with Crippen molar-refractivity contribution >= 4 is 17.3 Å². The van der Waals surface area contributed by atoms with Crippen molar-refractivity contribution < 1.29 is 4.74 Å². The number of rotatable bonds is 4.